The smallest absolute Gasteiger partial charge is 0.294 e. The van der Waals surface area contributed by atoms with Gasteiger partial charge in [-0.15, -0.1) is 0 Å². The molecule has 2 aromatic heterocycles. The standard InChI is InChI=1S/C24H32F2N4O6S/c1-33-22-11-17(36-29-22)6-7-21(32)27-16-4-2-15(3-5-16)10-23(35-14-31)30-9-8-19-18(12-30)28-24(37-19)34-13-20(25)26/h11,14-16,20,23H,2-10,12-13H2,1H3,(H,27,32)/t15-,16-,23?. The average Bonchev–Trinajstić information content (AvgIpc) is 3.53. The van der Waals surface area contributed by atoms with Crippen LogP contribution >= 0.6 is 11.3 Å². The van der Waals surface area contributed by atoms with Crippen LogP contribution in [-0.4, -0.2) is 66.4 Å². The van der Waals surface area contributed by atoms with Gasteiger partial charge in [0, 0.05) is 49.3 Å². The monoisotopic (exact) mass is 542 g/mol. The minimum absolute atomic E-state index is 0.0229. The summed E-state index contributed by atoms with van der Waals surface area (Å²) in [6.45, 7) is 0.969. The van der Waals surface area contributed by atoms with Crippen LogP contribution in [0, 0.1) is 5.92 Å². The summed E-state index contributed by atoms with van der Waals surface area (Å²) in [4.78, 5) is 31.1. The molecule has 1 saturated carbocycles. The molecule has 1 fully saturated rings. The van der Waals surface area contributed by atoms with Crippen molar-refractivity contribution in [3.63, 3.8) is 0 Å². The van der Waals surface area contributed by atoms with Gasteiger partial charge in [-0.25, -0.2) is 13.8 Å². The minimum Gasteiger partial charge on any atom is -0.479 e. The number of aromatic nitrogens is 2. The highest BCUT2D eigenvalue weighted by atomic mass is 32.1. The zero-order chi connectivity index (χ0) is 26.2. The molecular weight excluding hydrogens is 510 g/mol. The molecule has 1 N–H and O–H groups in total. The van der Waals surface area contributed by atoms with Crippen molar-refractivity contribution in [2.75, 3.05) is 20.3 Å². The summed E-state index contributed by atoms with van der Waals surface area (Å²) in [6.07, 6.45) is 2.80. The van der Waals surface area contributed by atoms with Gasteiger partial charge in [0.2, 0.25) is 5.91 Å². The number of aryl methyl sites for hydroxylation is 1. The van der Waals surface area contributed by atoms with E-state index in [-0.39, 0.29) is 23.4 Å². The first kappa shape index (κ1) is 27.2. The number of amides is 1. The maximum absolute atomic E-state index is 12.4. The van der Waals surface area contributed by atoms with E-state index in [4.69, 9.17) is 18.7 Å². The Balaban J connectivity index is 1.21. The van der Waals surface area contributed by atoms with Crippen molar-refractivity contribution >= 4 is 23.7 Å². The number of ether oxygens (including phenoxy) is 3. The number of nitrogens with one attached hydrogen (secondary N) is 1. The summed E-state index contributed by atoms with van der Waals surface area (Å²) in [6, 6.07) is 1.80. The summed E-state index contributed by atoms with van der Waals surface area (Å²) in [5, 5.41) is 7.09. The van der Waals surface area contributed by atoms with Gasteiger partial charge in [0.15, 0.2) is 12.8 Å². The van der Waals surface area contributed by atoms with Crippen LogP contribution in [0.15, 0.2) is 10.6 Å². The van der Waals surface area contributed by atoms with E-state index in [0.717, 1.165) is 36.3 Å². The number of fused-ring (bicyclic) bond motifs is 1. The molecule has 10 nitrogen and oxygen atoms in total. The zero-order valence-electron chi connectivity index (χ0n) is 20.7. The molecule has 0 bridgehead atoms. The van der Waals surface area contributed by atoms with Gasteiger partial charge in [-0.1, -0.05) is 11.3 Å². The highest BCUT2D eigenvalue weighted by Gasteiger charge is 2.31. The minimum atomic E-state index is -2.55. The second-order valence-corrected chi connectivity index (χ2v) is 10.4. The number of alkyl halides is 2. The Kier molecular flexibility index (Phi) is 9.67. The largest absolute Gasteiger partial charge is 0.479 e. The molecule has 1 unspecified atom stereocenters. The highest BCUT2D eigenvalue weighted by molar-refractivity contribution is 7.13. The quantitative estimate of drug-likeness (QED) is 0.381. The van der Waals surface area contributed by atoms with Crippen molar-refractivity contribution in [1.29, 1.82) is 0 Å². The molecule has 2 aliphatic rings. The maximum Gasteiger partial charge on any atom is 0.294 e. The van der Waals surface area contributed by atoms with Crippen LogP contribution in [0.5, 0.6) is 11.1 Å². The fourth-order valence-corrected chi connectivity index (χ4v) is 5.78. The third-order valence-electron chi connectivity index (χ3n) is 6.78. The summed E-state index contributed by atoms with van der Waals surface area (Å²) >= 11 is 1.30. The van der Waals surface area contributed by atoms with Crippen LogP contribution in [0.4, 0.5) is 8.78 Å². The van der Waals surface area contributed by atoms with E-state index in [1.165, 1.54) is 18.4 Å². The number of thiazole rings is 1. The summed E-state index contributed by atoms with van der Waals surface area (Å²) in [5.74, 6) is 1.34. The van der Waals surface area contributed by atoms with Gasteiger partial charge in [-0.3, -0.25) is 14.5 Å². The van der Waals surface area contributed by atoms with Crippen molar-refractivity contribution in [2.45, 2.75) is 76.6 Å². The Morgan fingerprint density at radius 3 is 2.86 bits per heavy atom. The molecule has 1 aliphatic heterocycles. The molecule has 1 amide bonds. The second kappa shape index (κ2) is 13.1. The molecule has 37 heavy (non-hydrogen) atoms. The first-order chi connectivity index (χ1) is 17.9. The number of halogens is 2. The number of nitrogens with zero attached hydrogens (tertiary/aromatic N) is 3. The predicted molar refractivity (Wildman–Crippen MR) is 129 cm³/mol. The Bertz CT molecular complexity index is 1030. The van der Waals surface area contributed by atoms with Crippen molar-refractivity contribution in [3.8, 4) is 11.1 Å². The Hall–Kier alpha value is -2.80. The molecule has 4 rings (SSSR count). The van der Waals surface area contributed by atoms with Gasteiger partial charge < -0.3 is 24.1 Å². The van der Waals surface area contributed by atoms with Crippen molar-refractivity contribution in [3.05, 3.63) is 22.4 Å². The fraction of sp³-hybridized carbons (Fsp3) is 0.667. The van der Waals surface area contributed by atoms with E-state index in [1.807, 2.05) is 0 Å². The lowest BCUT2D eigenvalue weighted by molar-refractivity contribution is -0.147. The number of rotatable bonds is 13. The summed E-state index contributed by atoms with van der Waals surface area (Å²) < 4.78 is 45.5. The third-order valence-corrected chi connectivity index (χ3v) is 7.85. The highest BCUT2D eigenvalue weighted by Crippen LogP contribution is 2.34. The van der Waals surface area contributed by atoms with Crippen LogP contribution in [0.1, 0.15) is 54.9 Å². The van der Waals surface area contributed by atoms with Crippen LogP contribution < -0.4 is 14.8 Å². The van der Waals surface area contributed by atoms with Crippen molar-refractivity contribution in [1.82, 2.24) is 20.4 Å². The Morgan fingerprint density at radius 1 is 1.35 bits per heavy atom. The molecule has 204 valence electrons. The molecule has 1 aliphatic carbocycles. The zero-order valence-corrected chi connectivity index (χ0v) is 21.5. The lowest BCUT2D eigenvalue weighted by Crippen LogP contribution is -2.43. The third kappa shape index (κ3) is 7.84. The summed E-state index contributed by atoms with van der Waals surface area (Å²) in [5.41, 5.74) is 0.787. The molecule has 3 heterocycles. The number of hydrogen-bond acceptors (Lipinski definition) is 10. The summed E-state index contributed by atoms with van der Waals surface area (Å²) in [7, 11) is 1.51. The molecular formula is C24H32F2N4O6S. The van der Waals surface area contributed by atoms with Gasteiger partial charge in [0.1, 0.15) is 5.76 Å². The lowest BCUT2D eigenvalue weighted by Gasteiger charge is -2.36. The lowest BCUT2D eigenvalue weighted by atomic mass is 9.83. The van der Waals surface area contributed by atoms with Crippen LogP contribution in [0.25, 0.3) is 0 Å². The normalized spacial score (nSPS) is 20.8. The van der Waals surface area contributed by atoms with E-state index in [0.29, 0.717) is 62.8 Å². The fourth-order valence-electron chi connectivity index (χ4n) is 4.86. The van der Waals surface area contributed by atoms with Gasteiger partial charge in [0.05, 0.1) is 12.8 Å². The van der Waals surface area contributed by atoms with E-state index >= 15 is 0 Å². The number of carbonyl (C=O) groups is 2. The Morgan fingerprint density at radius 2 is 2.16 bits per heavy atom. The van der Waals surface area contributed by atoms with Crippen LogP contribution in [0.2, 0.25) is 0 Å². The molecule has 2 aromatic rings. The molecule has 13 heteroatoms. The number of methoxy groups -OCH3 is 1. The van der Waals surface area contributed by atoms with E-state index in [1.54, 1.807) is 6.07 Å². The van der Waals surface area contributed by atoms with Crippen molar-refractivity contribution in [2.24, 2.45) is 5.92 Å². The SMILES string of the molecule is COc1cc(CCC(=O)N[C@H]2CC[C@H](CC(OC=O)N3CCc4sc(OCC(F)F)nc4C3)CC2)on1. The van der Waals surface area contributed by atoms with Gasteiger partial charge >= 0.3 is 0 Å². The van der Waals surface area contributed by atoms with Gasteiger partial charge in [-0.05, 0) is 43.2 Å². The van der Waals surface area contributed by atoms with E-state index in [9.17, 15) is 18.4 Å². The molecule has 0 radical (unpaired) electrons. The molecule has 0 aromatic carbocycles. The van der Waals surface area contributed by atoms with E-state index in [2.05, 4.69) is 20.4 Å². The second-order valence-electron chi connectivity index (χ2n) is 9.32. The predicted octanol–water partition coefficient (Wildman–Crippen LogP) is 3.34. The molecule has 0 spiro atoms. The van der Waals surface area contributed by atoms with Gasteiger partial charge in [0.25, 0.3) is 24.0 Å². The number of carbonyl (C=O) groups excluding carboxylic acids is 2. The topological polar surface area (TPSA) is 116 Å². The molecule has 1 atom stereocenters. The van der Waals surface area contributed by atoms with Crippen LogP contribution in [0.3, 0.4) is 0 Å². The maximum atomic E-state index is 12.4. The Labute approximate surface area is 217 Å². The first-order valence-corrected chi connectivity index (χ1v) is 13.3. The van der Waals surface area contributed by atoms with E-state index < -0.39 is 13.0 Å². The van der Waals surface area contributed by atoms with Crippen molar-refractivity contribution < 1.29 is 37.1 Å². The molecule has 0 saturated heterocycles. The number of hydrogen-bond donors (Lipinski definition) is 1. The first-order valence-electron chi connectivity index (χ1n) is 12.4. The van der Waals surface area contributed by atoms with Gasteiger partial charge in [-0.2, -0.15) is 0 Å². The van der Waals surface area contributed by atoms with Crippen LogP contribution in [-0.2, 0) is 33.7 Å². The average molecular weight is 543 g/mol.